The molecule has 1 fully saturated rings. The van der Waals surface area contributed by atoms with Crippen molar-refractivity contribution in [2.75, 3.05) is 34.3 Å². The average Bonchev–Trinajstić information content (AvgIpc) is 2.62. The maximum atomic E-state index is 12.4. The number of aromatic nitrogens is 1. The van der Waals surface area contributed by atoms with Crippen molar-refractivity contribution in [2.24, 2.45) is 0 Å². The van der Waals surface area contributed by atoms with Crippen LogP contribution in [0, 0.1) is 0 Å². The molecule has 8 heteroatoms. The van der Waals surface area contributed by atoms with Crippen LogP contribution in [-0.4, -0.2) is 38.7 Å². The zero-order valence-electron chi connectivity index (χ0n) is 14.6. The molecule has 0 spiro atoms. The van der Waals surface area contributed by atoms with Gasteiger partial charge in [0, 0.05) is 24.3 Å². The third-order valence-corrected chi connectivity index (χ3v) is 4.75. The van der Waals surface area contributed by atoms with Crippen molar-refractivity contribution in [3.05, 3.63) is 48.2 Å². The lowest BCUT2D eigenvalue weighted by atomic mass is 10.1. The van der Waals surface area contributed by atoms with E-state index in [2.05, 4.69) is 19.9 Å². The van der Waals surface area contributed by atoms with Gasteiger partial charge in [0.1, 0.15) is 5.82 Å². The number of nitrogens with zero attached hydrogens (tertiary/aromatic N) is 2. The largest absolute Gasteiger partial charge is 0.370 e. The summed E-state index contributed by atoms with van der Waals surface area (Å²) < 4.78 is 25.0. The first-order chi connectivity index (χ1) is 12.4. The lowest BCUT2D eigenvalue weighted by Gasteiger charge is -2.28. The smallest absolute Gasteiger partial charge is 0.256 e. The summed E-state index contributed by atoms with van der Waals surface area (Å²) in [5.41, 5.74) is 1.75. The number of carbonyl (C=O) groups is 1. The zero-order chi connectivity index (χ0) is 18.6. The lowest BCUT2D eigenvalue weighted by Crippen LogP contribution is -2.29. The van der Waals surface area contributed by atoms with Crippen LogP contribution in [0.5, 0.6) is 0 Å². The number of benzene rings is 1. The van der Waals surface area contributed by atoms with Crippen LogP contribution < -0.4 is 14.9 Å². The van der Waals surface area contributed by atoms with E-state index < -0.39 is 10.0 Å². The van der Waals surface area contributed by atoms with E-state index in [1.54, 1.807) is 30.5 Å². The average molecular weight is 374 g/mol. The topological polar surface area (TPSA) is 91.4 Å². The number of rotatable bonds is 5. The summed E-state index contributed by atoms with van der Waals surface area (Å²) in [6.45, 7) is 2.07. The Morgan fingerprint density at radius 2 is 1.88 bits per heavy atom. The Balaban J connectivity index is 1.67. The second kappa shape index (κ2) is 7.74. The van der Waals surface area contributed by atoms with E-state index in [4.69, 9.17) is 0 Å². The van der Waals surface area contributed by atoms with Gasteiger partial charge in [-0.1, -0.05) is 6.07 Å². The highest BCUT2D eigenvalue weighted by atomic mass is 32.2. The second-order valence-electron chi connectivity index (χ2n) is 6.36. The molecule has 26 heavy (non-hydrogen) atoms. The molecule has 0 saturated carbocycles. The van der Waals surface area contributed by atoms with Crippen LogP contribution in [0.1, 0.15) is 29.6 Å². The van der Waals surface area contributed by atoms with Crippen LogP contribution >= 0.6 is 0 Å². The summed E-state index contributed by atoms with van der Waals surface area (Å²) in [5, 5.41) is 2.73. The number of carbonyl (C=O) groups excluding carboxylic acids is 1. The third-order valence-electron chi connectivity index (χ3n) is 4.14. The number of hydrogen-bond acceptors (Lipinski definition) is 5. The summed E-state index contributed by atoms with van der Waals surface area (Å²) in [6, 6.07) is 10.0. The molecule has 7 nitrogen and oxygen atoms in total. The van der Waals surface area contributed by atoms with Crippen molar-refractivity contribution in [1.29, 1.82) is 0 Å². The first-order valence-corrected chi connectivity index (χ1v) is 10.4. The standard InChI is InChI=1S/C18H22N4O3S/c1-26(24,25)21-15-7-5-6-14(12-15)18(23)20-17-9-8-16(13-19-17)22-10-3-2-4-11-22/h5-9,12-13,21H,2-4,10-11H2,1H3,(H,19,20,23). The Bertz CT molecular complexity index is 876. The van der Waals surface area contributed by atoms with Gasteiger partial charge in [-0.2, -0.15) is 0 Å². The first kappa shape index (κ1) is 18.2. The minimum absolute atomic E-state index is 0.341. The van der Waals surface area contributed by atoms with Gasteiger partial charge in [0.05, 0.1) is 18.1 Å². The highest BCUT2D eigenvalue weighted by molar-refractivity contribution is 7.92. The highest BCUT2D eigenvalue weighted by Gasteiger charge is 2.12. The summed E-state index contributed by atoms with van der Waals surface area (Å²) in [7, 11) is -3.39. The molecule has 1 amide bonds. The van der Waals surface area contributed by atoms with E-state index in [9.17, 15) is 13.2 Å². The molecular weight excluding hydrogens is 352 g/mol. The molecule has 2 N–H and O–H groups in total. The number of pyridine rings is 1. The molecule has 2 aromatic rings. The molecular formula is C18H22N4O3S. The fourth-order valence-electron chi connectivity index (χ4n) is 2.93. The quantitative estimate of drug-likeness (QED) is 0.840. The molecule has 1 aliphatic heterocycles. The summed E-state index contributed by atoms with van der Waals surface area (Å²) in [6.07, 6.45) is 6.48. The Kier molecular flexibility index (Phi) is 5.41. The van der Waals surface area contributed by atoms with E-state index in [0.717, 1.165) is 25.0 Å². The van der Waals surface area contributed by atoms with Crippen LogP contribution in [0.25, 0.3) is 0 Å². The van der Waals surface area contributed by atoms with E-state index in [1.165, 1.54) is 25.3 Å². The van der Waals surface area contributed by atoms with Crippen molar-refractivity contribution < 1.29 is 13.2 Å². The number of piperidine rings is 1. The van der Waals surface area contributed by atoms with Gasteiger partial charge in [-0.05, 0) is 49.6 Å². The number of nitrogens with one attached hydrogen (secondary N) is 2. The van der Waals surface area contributed by atoms with Gasteiger partial charge >= 0.3 is 0 Å². The maximum absolute atomic E-state index is 12.4. The van der Waals surface area contributed by atoms with Gasteiger partial charge in [-0.3, -0.25) is 9.52 Å². The van der Waals surface area contributed by atoms with Gasteiger partial charge in [0.15, 0.2) is 0 Å². The minimum atomic E-state index is -3.39. The molecule has 0 atom stereocenters. The summed E-state index contributed by atoms with van der Waals surface area (Å²) >= 11 is 0. The molecule has 138 valence electrons. The fraction of sp³-hybridized carbons (Fsp3) is 0.333. The van der Waals surface area contributed by atoms with Crippen LogP contribution in [0.15, 0.2) is 42.6 Å². The fourth-order valence-corrected chi connectivity index (χ4v) is 3.48. The first-order valence-electron chi connectivity index (χ1n) is 8.51. The normalized spacial score (nSPS) is 14.7. The molecule has 0 radical (unpaired) electrons. The minimum Gasteiger partial charge on any atom is -0.370 e. The number of hydrogen-bond donors (Lipinski definition) is 2. The van der Waals surface area contributed by atoms with Gasteiger partial charge in [-0.25, -0.2) is 13.4 Å². The molecule has 1 aromatic carbocycles. The Morgan fingerprint density at radius 3 is 2.54 bits per heavy atom. The van der Waals surface area contributed by atoms with Crippen molar-refractivity contribution in [3.8, 4) is 0 Å². The van der Waals surface area contributed by atoms with Gasteiger partial charge in [0.2, 0.25) is 10.0 Å². The van der Waals surface area contributed by atoms with Crippen LogP contribution in [0.3, 0.4) is 0 Å². The summed E-state index contributed by atoms with van der Waals surface area (Å²) in [4.78, 5) is 19.0. The molecule has 3 rings (SSSR count). The van der Waals surface area contributed by atoms with E-state index in [1.807, 2.05) is 6.07 Å². The van der Waals surface area contributed by atoms with Crippen LogP contribution in [0.2, 0.25) is 0 Å². The van der Waals surface area contributed by atoms with Gasteiger partial charge < -0.3 is 10.2 Å². The van der Waals surface area contributed by atoms with Gasteiger partial charge in [-0.15, -0.1) is 0 Å². The Labute approximate surface area is 153 Å². The Morgan fingerprint density at radius 1 is 1.12 bits per heavy atom. The molecule has 1 saturated heterocycles. The number of amides is 1. The third kappa shape index (κ3) is 4.95. The van der Waals surface area contributed by atoms with E-state index in [-0.39, 0.29) is 5.91 Å². The number of anilines is 3. The SMILES string of the molecule is CS(=O)(=O)Nc1cccc(C(=O)Nc2ccc(N3CCCCC3)cn2)c1. The van der Waals surface area contributed by atoms with Crippen molar-refractivity contribution >= 4 is 33.1 Å². The predicted molar refractivity (Wildman–Crippen MR) is 103 cm³/mol. The van der Waals surface area contributed by atoms with Crippen molar-refractivity contribution in [1.82, 2.24) is 4.98 Å². The maximum Gasteiger partial charge on any atom is 0.256 e. The van der Waals surface area contributed by atoms with Crippen molar-refractivity contribution in [3.63, 3.8) is 0 Å². The lowest BCUT2D eigenvalue weighted by molar-refractivity contribution is 0.102. The van der Waals surface area contributed by atoms with Crippen LogP contribution in [-0.2, 0) is 10.0 Å². The van der Waals surface area contributed by atoms with Gasteiger partial charge in [0.25, 0.3) is 5.91 Å². The van der Waals surface area contributed by atoms with Crippen LogP contribution in [0.4, 0.5) is 17.2 Å². The predicted octanol–water partition coefficient (Wildman–Crippen LogP) is 2.70. The number of sulfonamides is 1. The highest BCUT2D eigenvalue weighted by Crippen LogP contribution is 2.20. The van der Waals surface area contributed by atoms with E-state index in [0.29, 0.717) is 17.1 Å². The molecule has 1 aromatic heterocycles. The summed E-state index contributed by atoms with van der Waals surface area (Å²) in [5.74, 6) is 0.109. The van der Waals surface area contributed by atoms with E-state index >= 15 is 0 Å². The molecule has 2 heterocycles. The molecule has 1 aliphatic rings. The molecule has 0 unspecified atom stereocenters. The van der Waals surface area contributed by atoms with Crippen molar-refractivity contribution in [2.45, 2.75) is 19.3 Å². The molecule has 0 aliphatic carbocycles. The zero-order valence-corrected chi connectivity index (χ0v) is 15.4. The second-order valence-corrected chi connectivity index (χ2v) is 8.11. The monoisotopic (exact) mass is 374 g/mol. The Hall–Kier alpha value is -2.61. The molecule has 0 bridgehead atoms.